The summed E-state index contributed by atoms with van der Waals surface area (Å²) in [5.74, 6) is 0.692. The molecule has 0 amide bonds. The molecule has 0 radical (unpaired) electrons. The molecule has 0 fully saturated rings. The van der Waals surface area contributed by atoms with E-state index < -0.39 is 0 Å². The third-order valence-electron chi connectivity index (χ3n) is 2.58. The van der Waals surface area contributed by atoms with Gasteiger partial charge in [0.05, 0.1) is 12.8 Å². The number of benzene rings is 1. The number of nitrogens with zero attached hydrogens (tertiary/aromatic N) is 4. The molecule has 0 saturated carbocycles. The normalized spacial score (nSPS) is 10.9. The molecular weight excluding hydrogens is 250 g/mol. The number of aromatic nitrogens is 4. The van der Waals surface area contributed by atoms with E-state index in [4.69, 9.17) is 10.5 Å². The lowest BCUT2D eigenvalue weighted by molar-refractivity contribution is 0.417. The van der Waals surface area contributed by atoms with Crippen LogP contribution in [0.4, 0.5) is 5.69 Å². The fraction of sp³-hybridized carbons (Fsp3) is 0.182. The topological polar surface area (TPSA) is 78.3 Å². The van der Waals surface area contributed by atoms with Crippen LogP contribution in [0.2, 0.25) is 0 Å². The molecule has 18 heavy (non-hydrogen) atoms. The monoisotopic (exact) mass is 261 g/mol. The quantitative estimate of drug-likeness (QED) is 0.720. The predicted octanol–water partition coefficient (Wildman–Crippen LogP) is 1.37. The van der Waals surface area contributed by atoms with Crippen molar-refractivity contribution in [2.75, 3.05) is 12.8 Å². The summed E-state index contributed by atoms with van der Waals surface area (Å²) in [6.07, 6.45) is 2.32. The molecule has 0 aliphatic heterocycles. The molecule has 0 bridgehead atoms. The van der Waals surface area contributed by atoms with Gasteiger partial charge in [0.25, 0.3) is 0 Å². The molecule has 92 valence electrons. The summed E-state index contributed by atoms with van der Waals surface area (Å²) in [6, 6.07) is 5.75. The molecule has 0 saturated heterocycles. The van der Waals surface area contributed by atoms with Crippen LogP contribution in [0, 0.1) is 0 Å². The zero-order valence-corrected chi connectivity index (χ0v) is 10.5. The Morgan fingerprint density at radius 3 is 3.06 bits per heavy atom. The lowest BCUT2D eigenvalue weighted by atomic mass is 10.1. The smallest absolute Gasteiger partial charge is 0.234 e. The molecule has 2 N–H and O–H groups in total. The zero-order valence-electron chi connectivity index (χ0n) is 9.70. The Morgan fingerprint density at radius 1 is 1.44 bits per heavy atom. The van der Waals surface area contributed by atoms with Gasteiger partial charge in [-0.05, 0) is 17.7 Å². The van der Waals surface area contributed by atoms with Crippen LogP contribution in [-0.2, 0) is 6.42 Å². The van der Waals surface area contributed by atoms with E-state index in [1.807, 2.05) is 18.2 Å². The van der Waals surface area contributed by atoms with Gasteiger partial charge < -0.3 is 10.5 Å². The molecule has 7 heteroatoms. The molecule has 2 aromatic heterocycles. The number of anilines is 1. The third kappa shape index (κ3) is 1.88. The van der Waals surface area contributed by atoms with Gasteiger partial charge >= 0.3 is 0 Å². The highest BCUT2D eigenvalue weighted by Crippen LogP contribution is 2.24. The van der Waals surface area contributed by atoms with Crippen molar-refractivity contribution >= 4 is 22.0 Å². The number of nitrogens with two attached hydrogens (primary N) is 1. The van der Waals surface area contributed by atoms with Gasteiger partial charge in [-0.15, -0.1) is 10.2 Å². The molecule has 1 aromatic carbocycles. The van der Waals surface area contributed by atoms with Gasteiger partial charge in [0.1, 0.15) is 17.1 Å². The molecule has 0 aliphatic rings. The molecule has 2 heterocycles. The fourth-order valence-electron chi connectivity index (χ4n) is 1.74. The van der Waals surface area contributed by atoms with Crippen LogP contribution in [0.25, 0.3) is 4.96 Å². The average Bonchev–Trinajstić information content (AvgIpc) is 2.90. The summed E-state index contributed by atoms with van der Waals surface area (Å²) in [5.41, 5.74) is 7.60. The van der Waals surface area contributed by atoms with Crippen LogP contribution in [0.5, 0.6) is 5.75 Å². The van der Waals surface area contributed by atoms with Gasteiger partial charge in [0, 0.05) is 6.42 Å². The van der Waals surface area contributed by atoms with Crippen molar-refractivity contribution in [1.82, 2.24) is 19.8 Å². The number of fused-ring (bicyclic) bond motifs is 1. The van der Waals surface area contributed by atoms with Crippen molar-refractivity contribution in [2.24, 2.45) is 0 Å². The Kier molecular flexibility index (Phi) is 2.60. The van der Waals surface area contributed by atoms with Crippen LogP contribution < -0.4 is 10.5 Å². The van der Waals surface area contributed by atoms with E-state index in [1.54, 1.807) is 18.0 Å². The van der Waals surface area contributed by atoms with Gasteiger partial charge in [-0.1, -0.05) is 17.4 Å². The molecule has 3 rings (SSSR count). The Labute approximate surface area is 107 Å². The summed E-state index contributed by atoms with van der Waals surface area (Å²) >= 11 is 1.52. The standard InChI is InChI=1S/C11H11N5OS/c1-17-9-3-2-7(4-8(9)12)5-10-15-16-6-13-14-11(16)18-10/h2-4,6H,5,12H2,1H3. The Bertz CT molecular complexity index is 661. The first-order valence-corrected chi connectivity index (χ1v) is 6.16. The number of rotatable bonds is 3. The van der Waals surface area contributed by atoms with Crippen LogP contribution in [0.15, 0.2) is 24.5 Å². The summed E-state index contributed by atoms with van der Waals surface area (Å²) in [4.78, 5) is 0.798. The molecule has 6 nitrogen and oxygen atoms in total. The molecular formula is C11H11N5OS. The maximum atomic E-state index is 5.87. The average molecular weight is 261 g/mol. The van der Waals surface area contributed by atoms with Crippen molar-refractivity contribution < 1.29 is 4.74 Å². The second-order valence-corrected chi connectivity index (χ2v) is 4.85. The van der Waals surface area contributed by atoms with Gasteiger partial charge in [0.2, 0.25) is 4.96 Å². The number of ether oxygens (including phenoxy) is 1. The maximum absolute atomic E-state index is 5.87. The minimum atomic E-state index is 0.637. The Morgan fingerprint density at radius 2 is 2.33 bits per heavy atom. The first-order chi connectivity index (χ1) is 8.76. The Balaban J connectivity index is 1.88. The summed E-state index contributed by atoms with van der Waals surface area (Å²) in [7, 11) is 1.61. The van der Waals surface area contributed by atoms with E-state index in [0.29, 0.717) is 11.4 Å². The minimum absolute atomic E-state index is 0.637. The van der Waals surface area contributed by atoms with Crippen molar-refractivity contribution in [3.8, 4) is 5.75 Å². The maximum Gasteiger partial charge on any atom is 0.234 e. The van der Waals surface area contributed by atoms with Crippen molar-refractivity contribution in [2.45, 2.75) is 6.42 Å². The largest absolute Gasteiger partial charge is 0.495 e. The van der Waals surface area contributed by atoms with Crippen molar-refractivity contribution in [3.05, 3.63) is 35.1 Å². The second-order valence-electron chi connectivity index (χ2n) is 3.81. The van der Waals surface area contributed by atoms with E-state index >= 15 is 0 Å². The van der Waals surface area contributed by atoms with Gasteiger partial charge in [0.15, 0.2) is 0 Å². The van der Waals surface area contributed by atoms with Crippen LogP contribution in [0.3, 0.4) is 0 Å². The molecule has 0 spiro atoms. The number of hydrogen-bond donors (Lipinski definition) is 1. The molecule has 0 aliphatic carbocycles. The third-order valence-corrected chi connectivity index (χ3v) is 3.49. The predicted molar refractivity (Wildman–Crippen MR) is 68.9 cm³/mol. The highest BCUT2D eigenvalue weighted by molar-refractivity contribution is 7.16. The number of methoxy groups -OCH3 is 1. The number of hydrogen-bond acceptors (Lipinski definition) is 6. The van der Waals surface area contributed by atoms with Gasteiger partial charge in [-0.25, -0.2) is 0 Å². The first kappa shape index (κ1) is 11.0. The lowest BCUT2D eigenvalue weighted by Crippen LogP contribution is -1.95. The van der Waals surface area contributed by atoms with E-state index in [1.165, 1.54) is 11.3 Å². The van der Waals surface area contributed by atoms with Gasteiger partial charge in [-0.2, -0.15) is 9.61 Å². The van der Waals surface area contributed by atoms with E-state index in [-0.39, 0.29) is 0 Å². The van der Waals surface area contributed by atoms with E-state index in [2.05, 4.69) is 15.3 Å². The highest BCUT2D eigenvalue weighted by Gasteiger charge is 2.07. The molecule has 0 unspecified atom stereocenters. The first-order valence-electron chi connectivity index (χ1n) is 5.34. The van der Waals surface area contributed by atoms with E-state index in [0.717, 1.165) is 22.0 Å². The fourth-order valence-corrected chi connectivity index (χ4v) is 2.59. The summed E-state index contributed by atoms with van der Waals surface area (Å²) < 4.78 is 6.80. The van der Waals surface area contributed by atoms with Crippen molar-refractivity contribution in [1.29, 1.82) is 0 Å². The van der Waals surface area contributed by atoms with Gasteiger partial charge in [-0.3, -0.25) is 0 Å². The Hall–Kier alpha value is -2.15. The van der Waals surface area contributed by atoms with Crippen LogP contribution >= 0.6 is 11.3 Å². The second kappa shape index (κ2) is 4.26. The lowest BCUT2D eigenvalue weighted by Gasteiger charge is -2.05. The SMILES string of the molecule is COc1ccc(Cc2nn3cnnc3s2)cc1N. The molecule has 3 aromatic rings. The van der Waals surface area contributed by atoms with E-state index in [9.17, 15) is 0 Å². The van der Waals surface area contributed by atoms with Crippen LogP contribution in [0.1, 0.15) is 10.6 Å². The number of nitrogen functional groups attached to an aromatic ring is 1. The summed E-state index contributed by atoms with van der Waals surface area (Å²) in [6.45, 7) is 0. The van der Waals surface area contributed by atoms with Crippen molar-refractivity contribution in [3.63, 3.8) is 0 Å². The zero-order chi connectivity index (χ0) is 12.5. The highest BCUT2D eigenvalue weighted by atomic mass is 32.1. The van der Waals surface area contributed by atoms with Crippen LogP contribution in [-0.4, -0.2) is 26.9 Å². The molecule has 0 atom stereocenters. The minimum Gasteiger partial charge on any atom is -0.495 e. The summed E-state index contributed by atoms with van der Waals surface area (Å²) in [5, 5.41) is 13.1.